The predicted octanol–water partition coefficient (Wildman–Crippen LogP) is 6.58. The Morgan fingerprint density at radius 2 is 1.67 bits per heavy atom. The highest BCUT2D eigenvalue weighted by Gasteiger charge is 2.27. The van der Waals surface area contributed by atoms with Crippen LogP contribution in [-0.4, -0.2) is 57.9 Å². The predicted molar refractivity (Wildman–Crippen MR) is 156 cm³/mol. The minimum Gasteiger partial charge on any atom is -0.367 e. The number of aromatic nitrogens is 4. The molecule has 1 saturated carbocycles. The zero-order chi connectivity index (χ0) is 26.3. The van der Waals surface area contributed by atoms with Crippen molar-refractivity contribution in [1.29, 1.82) is 0 Å². The van der Waals surface area contributed by atoms with E-state index in [0.717, 1.165) is 88.5 Å². The third-order valence-electron chi connectivity index (χ3n) is 7.88. The largest absolute Gasteiger partial charge is 0.367 e. The molecule has 2 aromatic heterocycles. The monoisotopic (exact) mass is 539 g/mol. The van der Waals surface area contributed by atoms with Gasteiger partial charge in [-0.05, 0) is 62.7 Å². The van der Waals surface area contributed by atoms with Crippen molar-refractivity contribution in [2.75, 3.05) is 43.4 Å². The number of nitrogens with one attached hydrogen (secondary N) is 1. The Hall–Kier alpha value is -3.82. The number of hydrogen-bond acceptors (Lipinski definition) is 7. The number of piperazine rings is 1. The molecule has 2 aliphatic rings. The van der Waals surface area contributed by atoms with Crippen LogP contribution in [-0.2, 0) is 0 Å². The van der Waals surface area contributed by atoms with Crippen LogP contribution in [0.15, 0.2) is 66.7 Å². The van der Waals surface area contributed by atoms with E-state index in [-0.39, 0.29) is 5.82 Å². The lowest BCUT2D eigenvalue weighted by atomic mass is 9.92. The van der Waals surface area contributed by atoms with Gasteiger partial charge in [-0.3, -0.25) is 0 Å². The van der Waals surface area contributed by atoms with E-state index in [9.17, 15) is 4.39 Å². The number of halogens is 1. The van der Waals surface area contributed by atoms with Gasteiger partial charge < -0.3 is 19.7 Å². The van der Waals surface area contributed by atoms with Gasteiger partial charge in [0.1, 0.15) is 16.6 Å². The van der Waals surface area contributed by atoms with Crippen molar-refractivity contribution in [3.05, 3.63) is 72.5 Å². The first-order valence-corrected chi connectivity index (χ1v) is 14.4. The van der Waals surface area contributed by atoms with Gasteiger partial charge in [-0.1, -0.05) is 41.7 Å². The van der Waals surface area contributed by atoms with Gasteiger partial charge in [0, 0.05) is 43.3 Å². The van der Waals surface area contributed by atoms with Gasteiger partial charge in [-0.15, -0.1) is 10.2 Å². The Morgan fingerprint density at radius 3 is 2.38 bits per heavy atom. The fourth-order valence-corrected chi connectivity index (χ4v) is 6.20. The number of hydrogen-bond donors (Lipinski definition) is 1. The van der Waals surface area contributed by atoms with Crippen molar-refractivity contribution < 1.29 is 4.39 Å². The van der Waals surface area contributed by atoms with Crippen LogP contribution in [0.1, 0.15) is 25.3 Å². The van der Waals surface area contributed by atoms with Crippen LogP contribution in [0.5, 0.6) is 0 Å². The molecule has 9 heteroatoms. The highest BCUT2D eigenvalue weighted by Crippen LogP contribution is 2.42. The quantitative estimate of drug-likeness (QED) is 0.263. The maximum absolute atomic E-state index is 13.7. The van der Waals surface area contributed by atoms with E-state index in [4.69, 9.17) is 4.98 Å². The standard InChI is InChI=1S/C30H30FN7S/c1-36-14-16-37(17-15-36)26-19-27-25(18-24(26)33-30-35-34-29(39-30)21-6-3-2-4-7-21)32-28(38(27)23-8-5-9-23)20-10-12-22(31)13-11-20/h2-4,6-7,10-13,18-19,23H,5,8-9,14-17H2,1H3,(H,33,35). The maximum atomic E-state index is 13.7. The Labute approximate surface area is 230 Å². The Morgan fingerprint density at radius 1 is 0.897 bits per heavy atom. The van der Waals surface area contributed by atoms with Crippen molar-refractivity contribution >= 4 is 38.9 Å². The summed E-state index contributed by atoms with van der Waals surface area (Å²) in [5, 5.41) is 14.1. The lowest BCUT2D eigenvalue weighted by molar-refractivity contribution is 0.313. The Balaban J connectivity index is 1.34. The molecule has 7 nitrogen and oxygen atoms in total. The molecule has 198 valence electrons. The minimum atomic E-state index is -0.235. The number of rotatable bonds is 6. The average molecular weight is 540 g/mol. The molecule has 1 N–H and O–H groups in total. The summed E-state index contributed by atoms with van der Waals surface area (Å²) in [5.74, 6) is 0.666. The number of likely N-dealkylation sites (N-methyl/N-ethyl adjacent to an activating group) is 1. The molecule has 0 bridgehead atoms. The SMILES string of the molecule is CN1CCN(c2cc3c(cc2Nc2nnc(-c4ccccc4)s2)nc(-c2ccc(F)cc2)n3C2CCC2)CC1. The first-order valence-electron chi connectivity index (χ1n) is 13.5. The van der Waals surface area contributed by atoms with Crippen molar-refractivity contribution in [3.63, 3.8) is 0 Å². The van der Waals surface area contributed by atoms with E-state index in [1.807, 2.05) is 30.3 Å². The summed E-state index contributed by atoms with van der Waals surface area (Å²) in [6.07, 6.45) is 3.49. The van der Waals surface area contributed by atoms with Gasteiger partial charge in [0.05, 0.1) is 22.4 Å². The summed E-state index contributed by atoms with van der Waals surface area (Å²) >= 11 is 1.54. The molecule has 1 aliphatic heterocycles. The van der Waals surface area contributed by atoms with Crippen LogP contribution in [0.25, 0.3) is 33.0 Å². The molecule has 3 aromatic carbocycles. The van der Waals surface area contributed by atoms with E-state index < -0.39 is 0 Å². The first-order chi connectivity index (χ1) is 19.1. The molecule has 0 spiro atoms. The van der Waals surface area contributed by atoms with Crippen molar-refractivity contribution in [2.45, 2.75) is 25.3 Å². The summed E-state index contributed by atoms with van der Waals surface area (Å²) in [5.41, 5.74) is 6.17. The van der Waals surface area contributed by atoms with Gasteiger partial charge in [0.2, 0.25) is 5.13 Å². The normalized spacial score (nSPS) is 16.5. The number of nitrogens with zero attached hydrogens (tertiary/aromatic N) is 6. The Kier molecular flexibility index (Phi) is 6.25. The number of imidazole rings is 1. The number of anilines is 3. The molecular weight excluding hydrogens is 509 g/mol. The second kappa shape index (κ2) is 10.1. The maximum Gasteiger partial charge on any atom is 0.210 e. The van der Waals surface area contributed by atoms with Crippen LogP contribution >= 0.6 is 11.3 Å². The molecule has 1 saturated heterocycles. The molecule has 0 amide bonds. The van der Waals surface area contributed by atoms with Crippen molar-refractivity contribution in [3.8, 4) is 22.0 Å². The first kappa shape index (κ1) is 24.2. The summed E-state index contributed by atoms with van der Waals surface area (Å²) in [4.78, 5) is 9.93. The van der Waals surface area contributed by atoms with Crippen LogP contribution in [0.4, 0.5) is 20.9 Å². The van der Waals surface area contributed by atoms with Gasteiger partial charge in [-0.25, -0.2) is 9.37 Å². The molecule has 0 atom stereocenters. The summed E-state index contributed by atoms with van der Waals surface area (Å²) < 4.78 is 16.1. The summed E-state index contributed by atoms with van der Waals surface area (Å²) in [6, 6.07) is 21.7. The van der Waals surface area contributed by atoms with E-state index in [2.05, 4.69) is 61.2 Å². The molecule has 1 aliphatic carbocycles. The topological polar surface area (TPSA) is 62.1 Å². The van der Waals surface area contributed by atoms with Gasteiger partial charge in [-0.2, -0.15) is 0 Å². The molecule has 0 radical (unpaired) electrons. The van der Waals surface area contributed by atoms with Crippen LogP contribution in [0.2, 0.25) is 0 Å². The third-order valence-corrected chi connectivity index (χ3v) is 8.77. The van der Waals surface area contributed by atoms with E-state index in [1.165, 1.54) is 18.6 Å². The van der Waals surface area contributed by atoms with Gasteiger partial charge in [0.25, 0.3) is 0 Å². The van der Waals surface area contributed by atoms with Crippen LogP contribution < -0.4 is 10.2 Å². The lowest BCUT2D eigenvalue weighted by Gasteiger charge is -2.35. The molecule has 0 unspecified atom stereocenters. The zero-order valence-corrected chi connectivity index (χ0v) is 22.7. The third kappa shape index (κ3) is 4.66. The molecule has 39 heavy (non-hydrogen) atoms. The van der Waals surface area contributed by atoms with Crippen molar-refractivity contribution in [1.82, 2.24) is 24.6 Å². The number of fused-ring (bicyclic) bond motifs is 1. The average Bonchev–Trinajstić information content (AvgIpc) is 3.54. The zero-order valence-electron chi connectivity index (χ0n) is 21.8. The molecule has 3 heterocycles. The second-order valence-electron chi connectivity index (χ2n) is 10.4. The summed E-state index contributed by atoms with van der Waals surface area (Å²) in [7, 11) is 2.17. The number of benzene rings is 3. The molecule has 5 aromatic rings. The van der Waals surface area contributed by atoms with Crippen molar-refractivity contribution in [2.24, 2.45) is 0 Å². The van der Waals surface area contributed by atoms with Gasteiger partial charge in [0.15, 0.2) is 0 Å². The highest BCUT2D eigenvalue weighted by molar-refractivity contribution is 7.18. The van der Waals surface area contributed by atoms with E-state index in [0.29, 0.717) is 6.04 Å². The van der Waals surface area contributed by atoms with Gasteiger partial charge >= 0.3 is 0 Å². The fourth-order valence-electron chi connectivity index (χ4n) is 5.44. The van der Waals surface area contributed by atoms with Crippen LogP contribution in [0, 0.1) is 5.82 Å². The minimum absolute atomic E-state index is 0.235. The van der Waals surface area contributed by atoms with Crippen LogP contribution in [0.3, 0.4) is 0 Å². The highest BCUT2D eigenvalue weighted by atomic mass is 32.1. The fraction of sp³-hybridized carbons (Fsp3) is 0.300. The second-order valence-corrected chi connectivity index (χ2v) is 11.4. The lowest BCUT2D eigenvalue weighted by Crippen LogP contribution is -2.44. The Bertz CT molecular complexity index is 1600. The van der Waals surface area contributed by atoms with E-state index in [1.54, 1.807) is 11.3 Å². The summed E-state index contributed by atoms with van der Waals surface area (Å²) in [6.45, 7) is 3.92. The smallest absolute Gasteiger partial charge is 0.210 e. The molecule has 7 rings (SSSR count). The molecular formula is C30H30FN7S. The van der Waals surface area contributed by atoms with E-state index >= 15 is 0 Å². The molecule has 2 fully saturated rings.